The molecule has 1 aromatic heterocycles. The summed E-state index contributed by atoms with van der Waals surface area (Å²) in [4.78, 5) is 0. The number of methoxy groups -OCH3 is 1. The molecule has 1 N–H and O–H groups in total. The molecule has 0 aliphatic carbocycles. The molecule has 2 rings (SSSR count). The molecule has 0 fully saturated rings. The highest BCUT2D eigenvalue weighted by molar-refractivity contribution is 5.36. The number of halogens is 1. The van der Waals surface area contributed by atoms with Gasteiger partial charge < -0.3 is 10.1 Å². The topological polar surface area (TPSA) is 39.1 Å². The van der Waals surface area contributed by atoms with E-state index in [1.165, 1.54) is 6.07 Å². The molecule has 0 spiro atoms. The van der Waals surface area contributed by atoms with Gasteiger partial charge in [0, 0.05) is 26.4 Å². The fourth-order valence-corrected chi connectivity index (χ4v) is 1.80. The summed E-state index contributed by atoms with van der Waals surface area (Å²) < 4.78 is 20.5. The lowest BCUT2D eigenvalue weighted by atomic mass is 10.2. The van der Waals surface area contributed by atoms with Crippen molar-refractivity contribution in [2.75, 3.05) is 20.3 Å². The first-order chi connectivity index (χ1) is 9.20. The van der Waals surface area contributed by atoms with Gasteiger partial charge in [-0.2, -0.15) is 5.10 Å². The summed E-state index contributed by atoms with van der Waals surface area (Å²) in [6.07, 6.45) is 3.51. The van der Waals surface area contributed by atoms with Gasteiger partial charge in [0.05, 0.1) is 12.8 Å². The summed E-state index contributed by atoms with van der Waals surface area (Å²) in [5.41, 5.74) is 2.37. The van der Waals surface area contributed by atoms with E-state index in [-0.39, 0.29) is 5.82 Å². The van der Waals surface area contributed by atoms with E-state index in [0.29, 0.717) is 18.8 Å². The summed E-state index contributed by atoms with van der Waals surface area (Å²) in [5, 5.41) is 7.29. The molecular weight excluding hydrogens is 245 g/mol. The Morgan fingerprint density at radius 3 is 2.89 bits per heavy atom. The first-order valence-electron chi connectivity index (χ1n) is 6.20. The minimum Gasteiger partial charge on any atom is -0.383 e. The third-order valence-corrected chi connectivity index (χ3v) is 2.78. The zero-order valence-electron chi connectivity index (χ0n) is 11.2. The van der Waals surface area contributed by atoms with E-state index in [2.05, 4.69) is 10.4 Å². The number of rotatable bonds is 6. The fourth-order valence-electron chi connectivity index (χ4n) is 1.80. The number of aromatic nitrogens is 2. The second-order valence-corrected chi connectivity index (χ2v) is 4.42. The summed E-state index contributed by atoms with van der Waals surface area (Å²) in [7, 11) is 1.65. The van der Waals surface area contributed by atoms with Gasteiger partial charge in [0.15, 0.2) is 0 Å². The Hall–Kier alpha value is -1.72. The average molecular weight is 263 g/mol. The van der Waals surface area contributed by atoms with Gasteiger partial charge in [-0.15, -0.1) is 0 Å². The molecule has 0 saturated carbocycles. The summed E-state index contributed by atoms with van der Waals surface area (Å²) in [6.45, 7) is 3.94. The van der Waals surface area contributed by atoms with E-state index in [0.717, 1.165) is 17.7 Å². The lowest BCUT2D eigenvalue weighted by Crippen LogP contribution is -2.18. The van der Waals surface area contributed by atoms with Gasteiger partial charge in [-0.05, 0) is 30.2 Å². The number of ether oxygens (including phenoxy) is 1. The molecule has 0 aliphatic rings. The molecule has 2 aromatic rings. The van der Waals surface area contributed by atoms with E-state index in [4.69, 9.17) is 4.74 Å². The second-order valence-electron chi connectivity index (χ2n) is 4.42. The highest BCUT2D eigenvalue weighted by atomic mass is 19.1. The van der Waals surface area contributed by atoms with Crippen molar-refractivity contribution in [2.24, 2.45) is 0 Å². The van der Waals surface area contributed by atoms with Crippen molar-refractivity contribution in [3.05, 3.63) is 47.5 Å². The largest absolute Gasteiger partial charge is 0.383 e. The first kappa shape index (κ1) is 13.7. The molecular formula is C14H18FN3O. The van der Waals surface area contributed by atoms with Crippen LogP contribution >= 0.6 is 0 Å². The van der Waals surface area contributed by atoms with Crippen molar-refractivity contribution in [1.82, 2.24) is 15.1 Å². The number of hydrogen-bond acceptors (Lipinski definition) is 3. The Balaban J connectivity index is 2.05. The van der Waals surface area contributed by atoms with Crippen LogP contribution in [0.15, 0.2) is 30.6 Å². The Kier molecular flexibility index (Phi) is 4.65. The van der Waals surface area contributed by atoms with Gasteiger partial charge in [0.25, 0.3) is 0 Å². The van der Waals surface area contributed by atoms with E-state index in [1.54, 1.807) is 30.3 Å². The molecule has 0 atom stereocenters. The normalized spacial score (nSPS) is 10.9. The molecule has 1 heterocycles. The van der Waals surface area contributed by atoms with Crippen molar-refractivity contribution < 1.29 is 9.13 Å². The van der Waals surface area contributed by atoms with E-state index in [9.17, 15) is 4.39 Å². The Bertz CT molecular complexity index is 539. The highest BCUT2D eigenvalue weighted by Crippen LogP contribution is 2.15. The highest BCUT2D eigenvalue weighted by Gasteiger charge is 2.06. The van der Waals surface area contributed by atoms with Crippen LogP contribution in [0.5, 0.6) is 0 Å². The number of benzene rings is 1. The Morgan fingerprint density at radius 2 is 2.26 bits per heavy atom. The van der Waals surface area contributed by atoms with Crippen molar-refractivity contribution in [1.29, 1.82) is 0 Å². The minimum atomic E-state index is -0.269. The van der Waals surface area contributed by atoms with Crippen molar-refractivity contribution >= 4 is 0 Å². The van der Waals surface area contributed by atoms with Gasteiger partial charge in [-0.3, -0.25) is 0 Å². The number of nitrogens with zero attached hydrogens (tertiary/aromatic N) is 2. The van der Waals surface area contributed by atoms with Crippen LogP contribution in [0.2, 0.25) is 0 Å². The fraction of sp³-hybridized carbons (Fsp3) is 0.357. The maximum absolute atomic E-state index is 14.0. The van der Waals surface area contributed by atoms with Gasteiger partial charge in [-0.25, -0.2) is 9.07 Å². The van der Waals surface area contributed by atoms with E-state index >= 15 is 0 Å². The Labute approximate surface area is 112 Å². The third-order valence-electron chi connectivity index (χ3n) is 2.78. The van der Waals surface area contributed by atoms with Crippen molar-refractivity contribution in [2.45, 2.75) is 13.5 Å². The molecule has 5 heteroatoms. The molecule has 0 aliphatic heterocycles. The predicted molar refractivity (Wildman–Crippen MR) is 71.8 cm³/mol. The zero-order chi connectivity index (χ0) is 13.7. The molecule has 1 aromatic carbocycles. The van der Waals surface area contributed by atoms with E-state index < -0.39 is 0 Å². The molecule has 19 heavy (non-hydrogen) atoms. The maximum atomic E-state index is 14.0. The summed E-state index contributed by atoms with van der Waals surface area (Å²) in [6, 6.07) is 5.18. The molecule has 0 bridgehead atoms. The van der Waals surface area contributed by atoms with Crippen molar-refractivity contribution in [3.8, 4) is 5.69 Å². The predicted octanol–water partition coefficient (Wildman–Crippen LogP) is 2.06. The van der Waals surface area contributed by atoms with Crippen LogP contribution in [0.1, 0.15) is 11.1 Å². The molecule has 0 saturated heterocycles. The quantitative estimate of drug-likeness (QED) is 0.811. The third kappa shape index (κ3) is 3.62. The molecule has 0 unspecified atom stereocenters. The number of aryl methyl sites for hydroxylation is 1. The van der Waals surface area contributed by atoms with Crippen LogP contribution in [0.25, 0.3) is 5.69 Å². The van der Waals surface area contributed by atoms with Crippen LogP contribution in [0.4, 0.5) is 4.39 Å². The lowest BCUT2D eigenvalue weighted by Gasteiger charge is -2.07. The van der Waals surface area contributed by atoms with Crippen LogP contribution in [0.3, 0.4) is 0 Å². The van der Waals surface area contributed by atoms with E-state index in [1.807, 2.05) is 13.0 Å². The van der Waals surface area contributed by atoms with Crippen molar-refractivity contribution in [3.63, 3.8) is 0 Å². The van der Waals surface area contributed by atoms with Crippen LogP contribution < -0.4 is 5.32 Å². The lowest BCUT2D eigenvalue weighted by molar-refractivity contribution is 0.199. The molecule has 4 nitrogen and oxygen atoms in total. The minimum absolute atomic E-state index is 0.269. The average Bonchev–Trinajstić information content (AvgIpc) is 2.81. The summed E-state index contributed by atoms with van der Waals surface area (Å²) in [5.74, 6) is -0.269. The van der Waals surface area contributed by atoms with Gasteiger partial charge in [0.2, 0.25) is 0 Å². The van der Waals surface area contributed by atoms with Crippen LogP contribution in [-0.4, -0.2) is 30.0 Å². The van der Waals surface area contributed by atoms with Gasteiger partial charge >= 0.3 is 0 Å². The maximum Gasteiger partial charge on any atom is 0.149 e. The van der Waals surface area contributed by atoms with Gasteiger partial charge in [-0.1, -0.05) is 6.07 Å². The smallest absolute Gasteiger partial charge is 0.149 e. The zero-order valence-corrected chi connectivity index (χ0v) is 11.2. The summed E-state index contributed by atoms with van der Waals surface area (Å²) >= 11 is 0. The Morgan fingerprint density at radius 1 is 1.42 bits per heavy atom. The number of hydrogen-bond donors (Lipinski definition) is 1. The van der Waals surface area contributed by atoms with Gasteiger partial charge in [0.1, 0.15) is 11.5 Å². The second kappa shape index (κ2) is 6.45. The number of nitrogens with one attached hydrogen (secondary N) is 1. The molecule has 0 radical (unpaired) electrons. The monoisotopic (exact) mass is 263 g/mol. The SMILES string of the molecule is COCCNCc1ccc(-n2cc(C)cn2)c(F)c1. The van der Waals surface area contributed by atoms with Crippen LogP contribution in [0, 0.1) is 12.7 Å². The standard InChI is InChI=1S/C14H18FN3O/c1-11-8-17-18(10-11)14-4-3-12(7-13(14)15)9-16-5-6-19-2/h3-4,7-8,10,16H,5-6,9H2,1-2H3. The molecule has 102 valence electrons. The molecule has 0 amide bonds. The first-order valence-corrected chi connectivity index (χ1v) is 6.20. The van der Waals surface area contributed by atoms with Crippen LogP contribution in [-0.2, 0) is 11.3 Å².